The normalized spacial score (nSPS) is 17.7. The summed E-state index contributed by atoms with van der Waals surface area (Å²) < 4.78 is 5.09. The van der Waals surface area contributed by atoms with Crippen LogP contribution in [0.15, 0.2) is 48.5 Å². The van der Waals surface area contributed by atoms with E-state index in [1.54, 1.807) is 0 Å². The Balaban J connectivity index is 1.70. The first-order chi connectivity index (χ1) is 13.2. The highest BCUT2D eigenvalue weighted by Crippen LogP contribution is 2.46. The molecule has 1 saturated carbocycles. The summed E-state index contributed by atoms with van der Waals surface area (Å²) in [5, 5.41) is 3.05. The molecule has 4 rings (SSSR count). The van der Waals surface area contributed by atoms with Crippen molar-refractivity contribution in [2.45, 2.75) is 44.1 Å². The molecule has 1 atom stereocenters. The molecular weight excluding hydrogens is 338 g/mol. The Morgan fingerprint density at radius 3 is 2.04 bits per heavy atom. The number of hydrogen-bond acceptors (Lipinski definition) is 3. The Morgan fingerprint density at radius 2 is 1.48 bits per heavy atom. The maximum Gasteiger partial charge on any atom is 0.329 e. The lowest BCUT2D eigenvalue weighted by Crippen LogP contribution is -2.47. The summed E-state index contributed by atoms with van der Waals surface area (Å²) in [6, 6.07) is 15.5. The highest BCUT2D eigenvalue weighted by molar-refractivity contribution is 5.90. The number of nitrogens with one attached hydrogen (secondary N) is 1. The van der Waals surface area contributed by atoms with Gasteiger partial charge in [-0.1, -0.05) is 67.8 Å². The Hall–Kier alpha value is -2.62. The summed E-state index contributed by atoms with van der Waals surface area (Å²) in [7, 11) is 1.38. The van der Waals surface area contributed by atoms with Gasteiger partial charge in [0.2, 0.25) is 5.91 Å². The Kier molecular flexibility index (Phi) is 4.97. The molecule has 2 aromatic rings. The average Bonchev–Trinajstić information content (AvgIpc) is 3.06. The van der Waals surface area contributed by atoms with Crippen LogP contribution >= 0.6 is 0 Å². The molecule has 0 radical (unpaired) electrons. The van der Waals surface area contributed by atoms with Crippen LogP contribution in [0.4, 0.5) is 0 Å². The van der Waals surface area contributed by atoms with Crippen molar-refractivity contribution in [3.63, 3.8) is 0 Å². The van der Waals surface area contributed by atoms with Crippen molar-refractivity contribution in [2.75, 3.05) is 7.11 Å². The first-order valence-corrected chi connectivity index (χ1v) is 9.77. The number of carbonyl (C=O) groups excluding carboxylic acids is 2. The van der Waals surface area contributed by atoms with Gasteiger partial charge in [-0.3, -0.25) is 4.79 Å². The molecule has 2 aromatic carbocycles. The predicted molar refractivity (Wildman–Crippen MR) is 104 cm³/mol. The van der Waals surface area contributed by atoms with Gasteiger partial charge in [0.05, 0.1) is 7.11 Å². The summed E-state index contributed by atoms with van der Waals surface area (Å²) in [4.78, 5) is 25.6. The van der Waals surface area contributed by atoms with Crippen LogP contribution in [-0.2, 0) is 14.3 Å². The Labute approximate surface area is 159 Å². The van der Waals surface area contributed by atoms with Crippen molar-refractivity contribution in [1.82, 2.24) is 5.32 Å². The zero-order valence-electron chi connectivity index (χ0n) is 15.6. The van der Waals surface area contributed by atoms with Crippen LogP contribution in [-0.4, -0.2) is 25.0 Å². The molecule has 140 valence electrons. The maximum absolute atomic E-state index is 12.9. The van der Waals surface area contributed by atoms with Crippen molar-refractivity contribution in [3.05, 3.63) is 59.7 Å². The lowest BCUT2D eigenvalue weighted by Gasteiger charge is -2.28. The number of hydrogen-bond donors (Lipinski definition) is 1. The van der Waals surface area contributed by atoms with Crippen LogP contribution in [0.1, 0.15) is 49.1 Å². The third-order valence-electron chi connectivity index (χ3n) is 5.94. The zero-order valence-corrected chi connectivity index (χ0v) is 15.6. The van der Waals surface area contributed by atoms with E-state index in [2.05, 4.69) is 17.4 Å². The van der Waals surface area contributed by atoms with E-state index in [4.69, 9.17) is 4.74 Å². The fourth-order valence-corrected chi connectivity index (χ4v) is 4.59. The van der Waals surface area contributed by atoms with Gasteiger partial charge in [0.15, 0.2) is 0 Å². The highest BCUT2D eigenvalue weighted by Gasteiger charge is 2.40. The van der Waals surface area contributed by atoms with Gasteiger partial charge in [0.1, 0.15) is 6.04 Å². The van der Waals surface area contributed by atoms with Gasteiger partial charge in [0.25, 0.3) is 0 Å². The fourth-order valence-electron chi connectivity index (χ4n) is 4.59. The van der Waals surface area contributed by atoms with Crippen molar-refractivity contribution in [1.29, 1.82) is 0 Å². The van der Waals surface area contributed by atoms with Gasteiger partial charge in [0, 0.05) is 11.8 Å². The van der Waals surface area contributed by atoms with E-state index in [1.807, 2.05) is 36.4 Å². The van der Waals surface area contributed by atoms with Crippen molar-refractivity contribution in [3.8, 4) is 11.1 Å². The minimum Gasteiger partial charge on any atom is -0.467 e. The van der Waals surface area contributed by atoms with Crippen LogP contribution in [0.25, 0.3) is 11.1 Å². The number of methoxy groups -OCH3 is 1. The predicted octanol–water partition coefficient (Wildman–Crippen LogP) is 4.04. The fraction of sp³-hybridized carbons (Fsp3) is 0.391. The molecule has 2 aliphatic rings. The molecule has 1 amide bonds. The number of ether oxygens (including phenoxy) is 1. The summed E-state index contributed by atoms with van der Waals surface area (Å²) in [5.74, 6) is -0.641. The number of fused-ring (bicyclic) bond motifs is 3. The van der Waals surface area contributed by atoms with Crippen LogP contribution in [0.2, 0.25) is 0 Å². The monoisotopic (exact) mass is 363 g/mol. The van der Waals surface area contributed by atoms with E-state index >= 15 is 0 Å². The second-order valence-corrected chi connectivity index (χ2v) is 7.50. The van der Waals surface area contributed by atoms with Crippen molar-refractivity contribution >= 4 is 11.9 Å². The average molecular weight is 363 g/mol. The van der Waals surface area contributed by atoms with Crippen LogP contribution < -0.4 is 5.32 Å². The lowest BCUT2D eigenvalue weighted by atomic mass is 9.86. The van der Waals surface area contributed by atoms with Gasteiger partial charge in [-0.15, -0.1) is 0 Å². The third-order valence-corrected chi connectivity index (χ3v) is 5.94. The quantitative estimate of drug-likeness (QED) is 0.834. The molecule has 0 aromatic heterocycles. The van der Waals surface area contributed by atoms with Crippen molar-refractivity contribution < 1.29 is 14.3 Å². The molecule has 27 heavy (non-hydrogen) atoms. The molecule has 0 aliphatic heterocycles. The molecule has 2 aliphatic carbocycles. The molecular formula is C23H25NO3. The molecule has 0 bridgehead atoms. The third kappa shape index (κ3) is 3.25. The van der Waals surface area contributed by atoms with E-state index in [0.29, 0.717) is 0 Å². The molecule has 4 heteroatoms. The van der Waals surface area contributed by atoms with E-state index in [0.717, 1.165) is 47.9 Å². The van der Waals surface area contributed by atoms with Gasteiger partial charge in [-0.2, -0.15) is 0 Å². The van der Waals surface area contributed by atoms with Gasteiger partial charge >= 0.3 is 5.97 Å². The topological polar surface area (TPSA) is 55.4 Å². The smallest absolute Gasteiger partial charge is 0.329 e. The summed E-state index contributed by atoms with van der Waals surface area (Å²) in [6.45, 7) is 0. The molecule has 4 nitrogen and oxygen atoms in total. The SMILES string of the molecule is COC(=O)[C@H](NC(=O)C1CCCCC1)C1c2ccccc2-c2ccccc21. The minimum absolute atomic E-state index is 0.00204. The maximum atomic E-state index is 12.9. The molecule has 0 heterocycles. The van der Waals surface area contributed by atoms with E-state index < -0.39 is 12.0 Å². The number of benzene rings is 2. The Morgan fingerprint density at radius 1 is 0.926 bits per heavy atom. The molecule has 0 spiro atoms. The first-order valence-electron chi connectivity index (χ1n) is 9.77. The second kappa shape index (κ2) is 7.55. The lowest BCUT2D eigenvalue weighted by molar-refractivity contribution is -0.146. The van der Waals surface area contributed by atoms with Gasteiger partial charge in [-0.25, -0.2) is 4.79 Å². The molecule has 1 fully saturated rings. The largest absolute Gasteiger partial charge is 0.467 e. The number of rotatable bonds is 4. The standard InChI is InChI=1S/C23H25NO3/c1-27-23(26)21(24-22(25)15-9-3-2-4-10-15)20-18-13-7-5-11-16(18)17-12-6-8-14-19(17)20/h5-8,11-15,20-21H,2-4,9-10H2,1H3,(H,24,25)/t21-/m1/s1. The van der Waals surface area contributed by atoms with E-state index in [9.17, 15) is 9.59 Å². The summed E-state index contributed by atoms with van der Waals surface area (Å²) >= 11 is 0. The molecule has 0 saturated heterocycles. The summed E-state index contributed by atoms with van der Waals surface area (Å²) in [6.07, 6.45) is 5.15. The molecule has 0 unspecified atom stereocenters. The molecule has 1 N–H and O–H groups in total. The van der Waals surface area contributed by atoms with Gasteiger partial charge in [-0.05, 0) is 35.1 Å². The van der Waals surface area contributed by atoms with Crippen molar-refractivity contribution in [2.24, 2.45) is 5.92 Å². The summed E-state index contributed by atoms with van der Waals surface area (Å²) in [5.41, 5.74) is 4.38. The second-order valence-electron chi connectivity index (χ2n) is 7.50. The number of carbonyl (C=O) groups is 2. The van der Waals surface area contributed by atoms with Gasteiger partial charge < -0.3 is 10.1 Å². The highest BCUT2D eigenvalue weighted by atomic mass is 16.5. The number of amides is 1. The van der Waals surface area contributed by atoms with Crippen LogP contribution in [0.3, 0.4) is 0 Å². The van der Waals surface area contributed by atoms with E-state index in [-0.39, 0.29) is 17.7 Å². The number of esters is 1. The first kappa shape index (κ1) is 17.8. The zero-order chi connectivity index (χ0) is 18.8. The van der Waals surface area contributed by atoms with Crippen LogP contribution in [0.5, 0.6) is 0 Å². The Bertz CT molecular complexity index is 809. The van der Waals surface area contributed by atoms with E-state index in [1.165, 1.54) is 13.5 Å². The minimum atomic E-state index is -0.714. The van der Waals surface area contributed by atoms with Crippen LogP contribution in [0, 0.1) is 5.92 Å².